The standard InChI is InChI=1S/C19H18F2N4O/c20-13-8-12(9-23-10-13)11-4-6-14(7-5-11)25-18(21)15-2-1-3-16(19(22)26)17(15)24-25/h1-7,12-13,23H,8-10H2,(H2,22,26)/t12-,13-/m0/s1. The summed E-state index contributed by atoms with van der Waals surface area (Å²) in [5.41, 5.74) is 7.28. The SMILES string of the molecule is NC(=O)c1cccc2c(F)n(-c3ccc([C@@H]4CNC[C@@H](F)C4)cc3)nc12. The first-order chi connectivity index (χ1) is 12.5. The van der Waals surface area contributed by atoms with Crippen LogP contribution in [0.2, 0.25) is 0 Å². The number of nitrogens with one attached hydrogen (secondary N) is 1. The van der Waals surface area contributed by atoms with Gasteiger partial charge in [0.05, 0.1) is 16.6 Å². The first-order valence-electron chi connectivity index (χ1n) is 8.46. The largest absolute Gasteiger partial charge is 0.366 e. The fourth-order valence-electron chi connectivity index (χ4n) is 3.48. The lowest BCUT2D eigenvalue weighted by Crippen LogP contribution is -2.36. The van der Waals surface area contributed by atoms with E-state index in [1.54, 1.807) is 24.3 Å². The van der Waals surface area contributed by atoms with E-state index in [0.717, 1.165) is 16.8 Å². The molecule has 1 aliphatic rings. The van der Waals surface area contributed by atoms with Crippen molar-refractivity contribution < 1.29 is 13.6 Å². The van der Waals surface area contributed by atoms with Gasteiger partial charge in [0, 0.05) is 13.1 Å². The van der Waals surface area contributed by atoms with Crippen LogP contribution in [0.25, 0.3) is 16.6 Å². The van der Waals surface area contributed by atoms with Gasteiger partial charge in [0.2, 0.25) is 5.95 Å². The van der Waals surface area contributed by atoms with Crippen molar-refractivity contribution in [3.05, 3.63) is 59.5 Å². The molecule has 0 radical (unpaired) electrons. The van der Waals surface area contributed by atoms with Crippen LogP contribution in [-0.2, 0) is 0 Å². The van der Waals surface area contributed by atoms with E-state index in [1.807, 2.05) is 12.1 Å². The molecule has 2 aromatic carbocycles. The number of carbonyl (C=O) groups excluding carboxylic acids is 1. The summed E-state index contributed by atoms with van der Waals surface area (Å²) >= 11 is 0. The van der Waals surface area contributed by atoms with Gasteiger partial charge in [-0.25, -0.2) is 9.07 Å². The van der Waals surface area contributed by atoms with Crippen molar-refractivity contribution in [1.29, 1.82) is 0 Å². The van der Waals surface area contributed by atoms with E-state index >= 15 is 0 Å². The summed E-state index contributed by atoms with van der Waals surface area (Å²) in [5, 5.41) is 7.54. The van der Waals surface area contributed by atoms with Crippen LogP contribution in [-0.4, -0.2) is 34.9 Å². The van der Waals surface area contributed by atoms with E-state index in [-0.39, 0.29) is 22.4 Å². The number of nitrogens with two attached hydrogens (primary N) is 1. The molecule has 4 rings (SSSR count). The monoisotopic (exact) mass is 356 g/mol. The number of hydrogen-bond acceptors (Lipinski definition) is 3. The molecule has 0 bridgehead atoms. The van der Waals surface area contributed by atoms with Crippen molar-refractivity contribution in [3.63, 3.8) is 0 Å². The number of halogens is 2. The predicted octanol–water partition coefficient (Wildman–Crippen LogP) is 2.68. The quantitative estimate of drug-likeness (QED) is 0.758. The van der Waals surface area contributed by atoms with Crippen LogP contribution in [0.3, 0.4) is 0 Å². The van der Waals surface area contributed by atoms with Crippen LogP contribution in [0.5, 0.6) is 0 Å². The van der Waals surface area contributed by atoms with Crippen LogP contribution in [0.15, 0.2) is 42.5 Å². The van der Waals surface area contributed by atoms with Crippen LogP contribution in [0.4, 0.5) is 8.78 Å². The highest BCUT2D eigenvalue weighted by atomic mass is 19.1. The Balaban J connectivity index is 1.70. The van der Waals surface area contributed by atoms with E-state index in [0.29, 0.717) is 18.7 Å². The number of rotatable bonds is 3. The molecular weight excluding hydrogens is 338 g/mol. The van der Waals surface area contributed by atoms with E-state index in [4.69, 9.17) is 5.73 Å². The van der Waals surface area contributed by atoms with Crippen LogP contribution >= 0.6 is 0 Å². The minimum atomic E-state index is -0.852. The molecule has 0 saturated carbocycles. The predicted molar refractivity (Wildman–Crippen MR) is 94.7 cm³/mol. The topological polar surface area (TPSA) is 72.9 Å². The van der Waals surface area contributed by atoms with Gasteiger partial charge in [0.15, 0.2) is 0 Å². The third-order valence-corrected chi connectivity index (χ3v) is 4.82. The number of aromatic nitrogens is 2. The van der Waals surface area contributed by atoms with Crippen molar-refractivity contribution in [2.45, 2.75) is 18.5 Å². The number of fused-ring (bicyclic) bond motifs is 1. The molecule has 1 saturated heterocycles. The zero-order valence-electron chi connectivity index (χ0n) is 14.0. The molecule has 3 aromatic rings. The average molecular weight is 356 g/mol. The molecule has 134 valence electrons. The van der Waals surface area contributed by atoms with Crippen LogP contribution in [0, 0.1) is 5.95 Å². The fourth-order valence-corrected chi connectivity index (χ4v) is 3.48. The van der Waals surface area contributed by atoms with Gasteiger partial charge in [-0.05, 0) is 42.2 Å². The normalized spacial score (nSPS) is 20.4. The maximum Gasteiger partial charge on any atom is 0.250 e. The van der Waals surface area contributed by atoms with E-state index in [9.17, 15) is 13.6 Å². The molecule has 1 fully saturated rings. The smallest absolute Gasteiger partial charge is 0.250 e. The zero-order chi connectivity index (χ0) is 18.3. The molecule has 0 aliphatic carbocycles. The van der Waals surface area contributed by atoms with Gasteiger partial charge >= 0.3 is 0 Å². The minimum Gasteiger partial charge on any atom is -0.366 e. The van der Waals surface area contributed by atoms with E-state index < -0.39 is 18.0 Å². The van der Waals surface area contributed by atoms with E-state index in [1.165, 1.54) is 6.07 Å². The van der Waals surface area contributed by atoms with Crippen molar-refractivity contribution in [2.75, 3.05) is 13.1 Å². The Hall–Kier alpha value is -2.80. The molecule has 0 spiro atoms. The number of primary amides is 1. The molecule has 1 aromatic heterocycles. The van der Waals surface area contributed by atoms with Crippen LogP contribution < -0.4 is 11.1 Å². The first-order valence-corrected chi connectivity index (χ1v) is 8.46. The lowest BCUT2D eigenvalue weighted by Gasteiger charge is -2.26. The van der Waals surface area contributed by atoms with Gasteiger partial charge in [-0.3, -0.25) is 4.79 Å². The Morgan fingerprint density at radius 3 is 2.65 bits per heavy atom. The number of benzene rings is 2. The molecule has 5 nitrogen and oxygen atoms in total. The summed E-state index contributed by atoms with van der Waals surface area (Å²) in [7, 11) is 0. The number of carbonyl (C=O) groups is 1. The maximum atomic E-state index is 14.8. The Kier molecular flexibility index (Phi) is 4.16. The second-order valence-electron chi connectivity index (χ2n) is 6.55. The number of alkyl halides is 1. The number of nitrogens with zero attached hydrogens (tertiary/aromatic N) is 2. The molecule has 26 heavy (non-hydrogen) atoms. The molecule has 7 heteroatoms. The van der Waals surface area contributed by atoms with Crippen molar-refractivity contribution >= 4 is 16.8 Å². The highest BCUT2D eigenvalue weighted by Gasteiger charge is 2.23. The Morgan fingerprint density at radius 1 is 1.19 bits per heavy atom. The lowest BCUT2D eigenvalue weighted by atomic mass is 9.91. The number of piperidine rings is 1. The van der Waals surface area contributed by atoms with Crippen molar-refractivity contribution in [1.82, 2.24) is 15.1 Å². The van der Waals surface area contributed by atoms with E-state index in [2.05, 4.69) is 10.4 Å². The Morgan fingerprint density at radius 2 is 1.96 bits per heavy atom. The summed E-state index contributed by atoms with van der Waals surface area (Å²) in [4.78, 5) is 11.5. The summed E-state index contributed by atoms with van der Waals surface area (Å²) in [6.07, 6.45) is -0.372. The highest BCUT2D eigenvalue weighted by molar-refractivity contribution is 6.04. The summed E-state index contributed by atoms with van der Waals surface area (Å²) in [6.45, 7) is 1.11. The summed E-state index contributed by atoms with van der Waals surface area (Å²) in [6, 6.07) is 11.9. The molecule has 2 heterocycles. The first kappa shape index (κ1) is 16.7. The Bertz CT molecular complexity index is 968. The highest BCUT2D eigenvalue weighted by Crippen LogP contribution is 2.27. The van der Waals surface area contributed by atoms with Gasteiger partial charge in [0.1, 0.15) is 11.7 Å². The molecule has 1 aliphatic heterocycles. The van der Waals surface area contributed by atoms with Gasteiger partial charge < -0.3 is 11.1 Å². The summed E-state index contributed by atoms with van der Waals surface area (Å²) < 4.78 is 29.5. The third-order valence-electron chi connectivity index (χ3n) is 4.82. The minimum absolute atomic E-state index is 0.0933. The van der Waals surface area contributed by atoms with Crippen LogP contribution in [0.1, 0.15) is 28.3 Å². The van der Waals surface area contributed by atoms with Crippen molar-refractivity contribution in [3.8, 4) is 5.69 Å². The maximum absolute atomic E-state index is 14.8. The number of hydrogen-bond donors (Lipinski definition) is 2. The molecular formula is C19H18F2N4O. The summed E-state index contributed by atoms with van der Waals surface area (Å²) in [5.74, 6) is -1.11. The molecule has 0 unspecified atom stereocenters. The number of amides is 1. The fraction of sp³-hybridized carbons (Fsp3) is 0.263. The zero-order valence-corrected chi connectivity index (χ0v) is 14.0. The second kappa shape index (κ2) is 6.49. The Labute approximate surface area is 148 Å². The van der Waals surface area contributed by atoms with Crippen molar-refractivity contribution in [2.24, 2.45) is 5.73 Å². The second-order valence-corrected chi connectivity index (χ2v) is 6.55. The average Bonchev–Trinajstić information content (AvgIpc) is 2.99. The van der Waals surface area contributed by atoms with Gasteiger partial charge in [-0.2, -0.15) is 9.49 Å². The molecule has 1 amide bonds. The lowest BCUT2D eigenvalue weighted by molar-refractivity contribution is 0.100. The third kappa shape index (κ3) is 2.84. The van der Waals surface area contributed by atoms with Gasteiger partial charge in [-0.15, -0.1) is 0 Å². The molecule has 2 atom stereocenters. The van der Waals surface area contributed by atoms with Gasteiger partial charge in [0.25, 0.3) is 5.91 Å². The molecule has 3 N–H and O–H groups in total. The van der Waals surface area contributed by atoms with Gasteiger partial charge in [-0.1, -0.05) is 18.2 Å².